The molecule has 2 amide bonds. The van der Waals surface area contributed by atoms with E-state index in [0.29, 0.717) is 12.8 Å². The van der Waals surface area contributed by atoms with Crippen molar-refractivity contribution in [1.82, 2.24) is 10.6 Å². The summed E-state index contributed by atoms with van der Waals surface area (Å²) in [5.74, 6) is -1.12. The molecule has 0 aliphatic carbocycles. The van der Waals surface area contributed by atoms with Gasteiger partial charge < -0.3 is 140 Å². The van der Waals surface area contributed by atoms with Crippen LogP contribution in [0.4, 0.5) is 0 Å². The third kappa shape index (κ3) is 30.6. The number of carbonyl (C=O) groups is 2. The number of hydrogen-bond acceptors (Lipinski definition) is 28. The van der Waals surface area contributed by atoms with E-state index < -0.39 is 211 Å². The average Bonchev–Trinajstić information content (AvgIpc) is 0.775. The first kappa shape index (κ1) is 92.0. The summed E-state index contributed by atoms with van der Waals surface area (Å²) < 4.78 is 58.7. The van der Waals surface area contributed by atoms with Crippen molar-refractivity contribution in [3.05, 3.63) is 24.3 Å². The SMILES string of the molecule is CCCCCCCC/C=C\CCCCCCCCCCCCCC(=O)N[C@@H](CO[C@@H]1OC(CO)[C@@H](O[C@@H]2OC(CO[C@@H]3OC(CO)[C@@H](O[C@@H]4OC(CO)[C@H](O)[C@H](O)C4O)[C@H](O)C3NC(C)=O)[C@H](O)[C@H](O[C@H]3OC(CO)[C@H](O)[C@H](O)C3O)C2O)[C@H](O)C1O)[C@H](O)/C=C/CCCCCCCCCCCCC. The van der Waals surface area contributed by atoms with Gasteiger partial charge in [0.05, 0.1) is 51.8 Å². The molecule has 0 saturated carbocycles. The Bertz CT molecular complexity index is 2300. The predicted molar refractivity (Wildman–Crippen MR) is 377 cm³/mol. The van der Waals surface area contributed by atoms with Crippen molar-refractivity contribution in [3.63, 3.8) is 0 Å². The Morgan fingerprint density at radius 3 is 1.21 bits per heavy atom. The van der Waals surface area contributed by atoms with Crippen molar-refractivity contribution < 1.29 is 139 Å². The van der Waals surface area contributed by atoms with Crippen molar-refractivity contribution in [3.8, 4) is 0 Å². The van der Waals surface area contributed by atoms with Gasteiger partial charge in [-0.05, 0) is 44.9 Å². The predicted octanol–water partition coefficient (Wildman–Crippen LogP) is 1.72. The minimum atomic E-state index is -2.20. The lowest BCUT2D eigenvalue weighted by molar-refractivity contribution is -0.385. The van der Waals surface area contributed by atoms with Crippen molar-refractivity contribution in [2.45, 2.75) is 392 Å². The van der Waals surface area contributed by atoms with Gasteiger partial charge in [0.15, 0.2) is 31.5 Å². The van der Waals surface area contributed by atoms with E-state index in [0.717, 1.165) is 64.7 Å². The second-order valence-corrected chi connectivity index (χ2v) is 28.9. The van der Waals surface area contributed by atoms with Crippen LogP contribution in [0.3, 0.4) is 0 Å². The molecule has 18 N–H and O–H groups in total. The Morgan fingerprint density at radius 1 is 0.385 bits per heavy atom. The molecule has 608 valence electrons. The molecule has 5 aliphatic rings. The monoisotopic (exact) mass is 1500 g/mol. The van der Waals surface area contributed by atoms with Crippen LogP contribution in [-0.2, 0) is 57.0 Å². The molecule has 0 aromatic rings. The van der Waals surface area contributed by atoms with E-state index in [1.54, 1.807) is 6.08 Å². The molecule has 30 nitrogen and oxygen atoms in total. The summed E-state index contributed by atoms with van der Waals surface area (Å²) in [5.41, 5.74) is 0. The van der Waals surface area contributed by atoms with E-state index in [1.807, 2.05) is 6.08 Å². The minimum Gasteiger partial charge on any atom is -0.394 e. The van der Waals surface area contributed by atoms with Gasteiger partial charge in [-0.2, -0.15) is 0 Å². The molecular formula is C74H134N2O28. The number of aliphatic hydroxyl groups is 16. The third-order valence-corrected chi connectivity index (χ3v) is 20.4. The smallest absolute Gasteiger partial charge is 0.220 e. The van der Waals surface area contributed by atoms with E-state index in [4.69, 9.17) is 47.4 Å². The van der Waals surface area contributed by atoms with Gasteiger partial charge in [0.25, 0.3) is 0 Å². The topological polar surface area (TPSA) is 474 Å². The summed E-state index contributed by atoms with van der Waals surface area (Å²) in [4.78, 5) is 26.2. The lowest BCUT2D eigenvalue weighted by Crippen LogP contribution is -2.68. The Hall–Kier alpha value is -2.62. The first-order chi connectivity index (χ1) is 50.2. The second kappa shape index (κ2) is 51.8. The van der Waals surface area contributed by atoms with E-state index in [1.165, 1.54) is 128 Å². The fraction of sp³-hybridized carbons (Fsp3) is 0.919. The van der Waals surface area contributed by atoms with Crippen LogP contribution in [-0.4, -0.2) is 299 Å². The molecule has 0 aromatic carbocycles. The lowest BCUT2D eigenvalue weighted by atomic mass is 9.95. The zero-order valence-corrected chi connectivity index (χ0v) is 61.8. The highest BCUT2D eigenvalue weighted by Crippen LogP contribution is 2.36. The number of rotatable bonds is 53. The van der Waals surface area contributed by atoms with Gasteiger partial charge in [0.2, 0.25) is 11.8 Å². The fourth-order valence-corrected chi connectivity index (χ4v) is 13.9. The number of allylic oxidation sites excluding steroid dienone is 3. The number of aliphatic hydroxyl groups excluding tert-OH is 16. The van der Waals surface area contributed by atoms with Crippen LogP contribution in [0.2, 0.25) is 0 Å². The van der Waals surface area contributed by atoms with Gasteiger partial charge in [-0.3, -0.25) is 9.59 Å². The maximum Gasteiger partial charge on any atom is 0.220 e. The van der Waals surface area contributed by atoms with Crippen molar-refractivity contribution in [2.24, 2.45) is 0 Å². The molecule has 5 aliphatic heterocycles. The highest BCUT2D eigenvalue weighted by Gasteiger charge is 2.56. The number of unbranched alkanes of at least 4 members (excludes halogenated alkanes) is 28. The van der Waals surface area contributed by atoms with Crippen LogP contribution in [0, 0.1) is 0 Å². The fourth-order valence-electron chi connectivity index (χ4n) is 13.9. The third-order valence-electron chi connectivity index (χ3n) is 20.4. The lowest BCUT2D eigenvalue weighted by Gasteiger charge is -2.49. The molecule has 10 unspecified atom stereocenters. The summed E-state index contributed by atoms with van der Waals surface area (Å²) in [6, 6.07) is -2.72. The average molecular weight is 1500 g/mol. The van der Waals surface area contributed by atoms with Crippen molar-refractivity contribution in [2.75, 3.05) is 39.6 Å². The van der Waals surface area contributed by atoms with Crippen LogP contribution in [0.15, 0.2) is 24.3 Å². The van der Waals surface area contributed by atoms with Crippen LogP contribution in [0.25, 0.3) is 0 Å². The minimum absolute atomic E-state index is 0.173. The number of carbonyl (C=O) groups excluding carboxylic acids is 2. The molecule has 5 saturated heterocycles. The molecule has 30 heteroatoms. The normalized spacial score (nSPS) is 34.8. The summed E-state index contributed by atoms with van der Waals surface area (Å²) in [6.45, 7) is 0.541. The van der Waals surface area contributed by atoms with Crippen LogP contribution < -0.4 is 10.6 Å². The van der Waals surface area contributed by atoms with E-state index >= 15 is 0 Å². The number of nitrogens with one attached hydrogen (secondary N) is 2. The highest BCUT2D eigenvalue weighted by atomic mass is 16.8. The largest absolute Gasteiger partial charge is 0.394 e. The Labute approximate surface area is 614 Å². The van der Waals surface area contributed by atoms with Crippen molar-refractivity contribution in [1.29, 1.82) is 0 Å². The zero-order chi connectivity index (χ0) is 75.9. The number of ether oxygens (including phenoxy) is 10. The summed E-state index contributed by atoms with van der Waals surface area (Å²) >= 11 is 0. The number of hydrogen-bond donors (Lipinski definition) is 18. The van der Waals surface area contributed by atoms with Gasteiger partial charge in [0, 0.05) is 13.3 Å². The first-order valence-corrected chi connectivity index (χ1v) is 39.1. The molecule has 5 heterocycles. The highest BCUT2D eigenvalue weighted by molar-refractivity contribution is 5.76. The first-order valence-electron chi connectivity index (χ1n) is 39.1. The van der Waals surface area contributed by atoms with E-state index in [-0.39, 0.29) is 12.3 Å². The van der Waals surface area contributed by atoms with Crippen LogP contribution in [0.5, 0.6) is 0 Å². The van der Waals surface area contributed by atoms with Crippen LogP contribution in [0.1, 0.15) is 226 Å². The van der Waals surface area contributed by atoms with Crippen molar-refractivity contribution >= 4 is 11.8 Å². The Balaban J connectivity index is 1.22. The van der Waals surface area contributed by atoms with Crippen LogP contribution >= 0.6 is 0 Å². The molecule has 27 atom stereocenters. The van der Waals surface area contributed by atoms with Gasteiger partial charge >= 0.3 is 0 Å². The number of amides is 2. The summed E-state index contributed by atoms with van der Waals surface area (Å²) in [7, 11) is 0. The van der Waals surface area contributed by atoms with E-state index in [9.17, 15) is 91.3 Å². The summed E-state index contributed by atoms with van der Waals surface area (Å²) in [5, 5.41) is 181. The second-order valence-electron chi connectivity index (χ2n) is 28.9. The molecule has 5 rings (SSSR count). The molecule has 0 spiro atoms. The van der Waals surface area contributed by atoms with E-state index in [2.05, 4.69) is 36.6 Å². The Kier molecular flexibility index (Phi) is 45.8. The molecule has 0 radical (unpaired) electrons. The van der Waals surface area contributed by atoms with Gasteiger partial charge in [-0.25, -0.2) is 0 Å². The zero-order valence-electron chi connectivity index (χ0n) is 61.8. The molecule has 0 aromatic heterocycles. The van der Waals surface area contributed by atoms with Gasteiger partial charge in [-0.1, -0.05) is 192 Å². The molecule has 0 bridgehead atoms. The summed E-state index contributed by atoms with van der Waals surface area (Å²) in [6.07, 6.45) is -2.13. The molecule has 104 heavy (non-hydrogen) atoms. The maximum absolute atomic E-state index is 13.6. The van der Waals surface area contributed by atoms with Gasteiger partial charge in [0.1, 0.15) is 122 Å². The molecule has 5 fully saturated rings. The quantitative estimate of drug-likeness (QED) is 0.0304. The van der Waals surface area contributed by atoms with Gasteiger partial charge in [-0.15, -0.1) is 0 Å². The Morgan fingerprint density at radius 2 is 0.760 bits per heavy atom. The molecular weight excluding hydrogens is 1360 g/mol. The maximum atomic E-state index is 13.6. The standard InChI is InChI=1S/C74H134N2O28/c1-4-6-8-10-12-14-16-18-19-20-21-22-23-24-25-27-29-31-33-35-37-39-54(83)76-47(48(82)38-36-34-32-30-28-26-17-15-13-11-9-7-5-2)44-95-71-65(93)62(90)68(52(43-80)100-71)103-74-66(94)69(104-73-64(92)61(89)57(85)50(41-78)98-73)58(86)53(101-74)45-96-70-55(75-46(3)81)59(87)67(51(42-79)99-70)102-72-63(91)60(88)56(84)49(40-77)97-72/h18-19,36,38,47-53,55-74,77-80,82,84-94H,4-17,20-35,37,39-45H2,1-3H3,(H,75,81)(H,76,83)/b19-18-,38-36+/t47-,48+,49?,50?,51?,52?,53?,55?,56-,57-,58-,59+,60-,61-,62+,63?,64?,65?,66?,67+,68+,69-,70+,71+,72-,73+,74-/m0/s1.